The summed E-state index contributed by atoms with van der Waals surface area (Å²) in [4.78, 5) is 45.0. The van der Waals surface area contributed by atoms with Gasteiger partial charge in [-0.1, -0.05) is 6.07 Å². The number of anilines is 1. The Labute approximate surface area is 146 Å². The summed E-state index contributed by atoms with van der Waals surface area (Å²) in [5, 5.41) is 2.83. The zero-order valence-corrected chi connectivity index (χ0v) is 14.7. The second kappa shape index (κ2) is 6.19. The first kappa shape index (κ1) is 16.9. The topological polar surface area (TPSA) is 85.3 Å². The van der Waals surface area contributed by atoms with Crippen molar-refractivity contribution in [3.63, 3.8) is 0 Å². The Bertz CT molecular complexity index is 776. The van der Waals surface area contributed by atoms with E-state index < -0.39 is 18.2 Å². The van der Waals surface area contributed by atoms with Crippen LogP contribution in [0.25, 0.3) is 0 Å². The number of hydrogen-bond acceptors (Lipinski definition) is 5. The van der Waals surface area contributed by atoms with E-state index in [1.54, 1.807) is 11.9 Å². The van der Waals surface area contributed by atoms with Gasteiger partial charge in [0, 0.05) is 19.8 Å². The van der Waals surface area contributed by atoms with Crippen molar-refractivity contribution in [1.82, 2.24) is 14.7 Å². The lowest BCUT2D eigenvalue weighted by Gasteiger charge is -2.39. The highest BCUT2D eigenvalue weighted by Crippen LogP contribution is 2.24. The molecule has 0 aliphatic carbocycles. The standard InChI is InChI=1S/C17H21N5O3/c1-10-5-6-12(7-11(10)2)19-13(23)8-22-9-18-15-14(22)16(24)21(4)17(25)20(15)3/h5-7,9,14-15H,8H2,1-4H3,(H,19,23). The lowest BCUT2D eigenvalue weighted by Crippen LogP contribution is -2.64. The molecule has 2 atom stereocenters. The minimum Gasteiger partial charge on any atom is -0.338 e. The number of aliphatic imine (C=N–C) groups is 1. The smallest absolute Gasteiger partial charge is 0.328 e. The van der Waals surface area contributed by atoms with Crippen LogP contribution in [0.3, 0.4) is 0 Å². The van der Waals surface area contributed by atoms with E-state index in [2.05, 4.69) is 10.3 Å². The van der Waals surface area contributed by atoms with Crippen LogP contribution in [0.1, 0.15) is 11.1 Å². The summed E-state index contributed by atoms with van der Waals surface area (Å²) in [6, 6.07) is 4.62. The number of amides is 4. The average Bonchev–Trinajstić information content (AvgIpc) is 2.98. The number of likely N-dealkylation sites (N-methyl/N-ethyl adjacent to an activating group) is 2. The van der Waals surface area contributed by atoms with Crippen LogP contribution >= 0.6 is 0 Å². The fourth-order valence-electron chi connectivity index (χ4n) is 3.03. The molecular weight excluding hydrogens is 322 g/mol. The van der Waals surface area contributed by atoms with Crippen molar-refractivity contribution in [1.29, 1.82) is 0 Å². The first-order valence-corrected chi connectivity index (χ1v) is 8.00. The van der Waals surface area contributed by atoms with Crippen LogP contribution in [0.5, 0.6) is 0 Å². The van der Waals surface area contributed by atoms with Gasteiger partial charge in [-0.05, 0) is 37.1 Å². The number of aryl methyl sites for hydroxylation is 2. The Morgan fingerprint density at radius 3 is 2.60 bits per heavy atom. The number of nitrogens with one attached hydrogen (secondary N) is 1. The summed E-state index contributed by atoms with van der Waals surface area (Å²) in [5.41, 5.74) is 2.95. The maximum atomic E-state index is 12.4. The van der Waals surface area contributed by atoms with Crippen LogP contribution in [0.15, 0.2) is 23.2 Å². The fraction of sp³-hybridized carbons (Fsp3) is 0.412. The number of benzene rings is 1. The van der Waals surface area contributed by atoms with Crippen molar-refractivity contribution in [3.05, 3.63) is 29.3 Å². The second-order valence-electron chi connectivity index (χ2n) is 6.43. The minimum absolute atomic E-state index is 0.0147. The Balaban J connectivity index is 1.70. The Kier molecular flexibility index (Phi) is 4.20. The molecule has 8 heteroatoms. The number of hydrogen-bond donors (Lipinski definition) is 1. The van der Waals surface area contributed by atoms with Gasteiger partial charge in [-0.25, -0.2) is 9.79 Å². The molecule has 1 N–H and O–H groups in total. The molecule has 0 bridgehead atoms. The van der Waals surface area contributed by atoms with Crippen LogP contribution in [0, 0.1) is 13.8 Å². The van der Waals surface area contributed by atoms with Gasteiger partial charge in [-0.3, -0.25) is 14.5 Å². The van der Waals surface area contributed by atoms with Gasteiger partial charge in [0.2, 0.25) is 5.91 Å². The van der Waals surface area contributed by atoms with Gasteiger partial charge < -0.3 is 15.1 Å². The molecule has 2 aliphatic heterocycles. The molecule has 0 aromatic heterocycles. The number of imide groups is 1. The molecule has 4 amide bonds. The van der Waals surface area contributed by atoms with E-state index in [-0.39, 0.29) is 18.4 Å². The average molecular weight is 343 g/mol. The van der Waals surface area contributed by atoms with Gasteiger partial charge >= 0.3 is 6.03 Å². The van der Waals surface area contributed by atoms with Crippen molar-refractivity contribution < 1.29 is 14.4 Å². The highest BCUT2D eigenvalue weighted by molar-refractivity contribution is 6.02. The molecule has 0 radical (unpaired) electrons. The van der Waals surface area contributed by atoms with Gasteiger partial charge in [-0.15, -0.1) is 0 Å². The molecule has 132 valence electrons. The van der Waals surface area contributed by atoms with E-state index >= 15 is 0 Å². The molecule has 1 saturated heterocycles. The van der Waals surface area contributed by atoms with Gasteiger partial charge in [0.25, 0.3) is 5.91 Å². The van der Waals surface area contributed by atoms with Crippen LogP contribution in [-0.2, 0) is 9.59 Å². The molecule has 3 rings (SSSR count). The largest absolute Gasteiger partial charge is 0.338 e. The minimum atomic E-state index is -0.668. The van der Waals surface area contributed by atoms with E-state index in [1.807, 2.05) is 32.0 Å². The van der Waals surface area contributed by atoms with E-state index in [1.165, 1.54) is 18.3 Å². The fourth-order valence-corrected chi connectivity index (χ4v) is 3.03. The summed E-state index contributed by atoms with van der Waals surface area (Å²) >= 11 is 0. The molecule has 2 heterocycles. The number of fused-ring (bicyclic) bond motifs is 1. The Hall–Kier alpha value is -2.90. The van der Waals surface area contributed by atoms with Crippen molar-refractivity contribution in [2.24, 2.45) is 4.99 Å². The van der Waals surface area contributed by atoms with Crippen molar-refractivity contribution >= 4 is 29.9 Å². The van der Waals surface area contributed by atoms with Crippen molar-refractivity contribution in [2.75, 3.05) is 26.0 Å². The van der Waals surface area contributed by atoms with Crippen LogP contribution < -0.4 is 5.32 Å². The van der Waals surface area contributed by atoms with E-state index in [0.29, 0.717) is 5.69 Å². The third-order valence-electron chi connectivity index (χ3n) is 4.69. The molecule has 2 aliphatic rings. The lowest BCUT2D eigenvalue weighted by molar-refractivity contribution is -0.136. The first-order chi connectivity index (χ1) is 11.8. The van der Waals surface area contributed by atoms with Gasteiger partial charge in [0.15, 0.2) is 12.2 Å². The highest BCUT2D eigenvalue weighted by Gasteiger charge is 2.48. The van der Waals surface area contributed by atoms with Crippen molar-refractivity contribution in [2.45, 2.75) is 26.1 Å². The number of carbonyl (C=O) groups excluding carboxylic acids is 3. The molecular formula is C17H21N5O3. The number of nitrogens with zero attached hydrogens (tertiary/aromatic N) is 4. The zero-order valence-electron chi connectivity index (χ0n) is 14.7. The predicted molar refractivity (Wildman–Crippen MR) is 93.2 cm³/mol. The highest BCUT2D eigenvalue weighted by atomic mass is 16.2. The molecule has 1 aromatic carbocycles. The summed E-state index contributed by atoms with van der Waals surface area (Å²) in [7, 11) is 3.03. The summed E-state index contributed by atoms with van der Waals surface area (Å²) in [6.07, 6.45) is 0.876. The number of rotatable bonds is 3. The predicted octanol–water partition coefficient (Wildman–Crippen LogP) is 0.804. The molecule has 1 aromatic rings. The van der Waals surface area contributed by atoms with Crippen molar-refractivity contribution in [3.8, 4) is 0 Å². The Morgan fingerprint density at radius 2 is 1.92 bits per heavy atom. The SMILES string of the molecule is Cc1ccc(NC(=O)CN2C=NC3C2C(=O)N(C)C(=O)N3C)cc1C. The van der Waals surface area contributed by atoms with Gasteiger partial charge in [0.1, 0.15) is 0 Å². The van der Waals surface area contributed by atoms with Crippen LogP contribution in [-0.4, -0.2) is 71.7 Å². The van der Waals surface area contributed by atoms with Gasteiger partial charge in [-0.2, -0.15) is 0 Å². The van der Waals surface area contributed by atoms with Crippen LogP contribution in [0.2, 0.25) is 0 Å². The maximum Gasteiger partial charge on any atom is 0.328 e. The van der Waals surface area contributed by atoms with E-state index in [4.69, 9.17) is 0 Å². The van der Waals surface area contributed by atoms with E-state index in [9.17, 15) is 14.4 Å². The van der Waals surface area contributed by atoms with Crippen LogP contribution in [0.4, 0.5) is 10.5 Å². The molecule has 0 saturated carbocycles. The third kappa shape index (κ3) is 2.95. The monoisotopic (exact) mass is 343 g/mol. The maximum absolute atomic E-state index is 12.4. The summed E-state index contributed by atoms with van der Waals surface area (Å²) in [6.45, 7) is 3.97. The summed E-state index contributed by atoms with van der Waals surface area (Å²) in [5.74, 6) is -0.602. The normalized spacial score (nSPS) is 22.5. The quantitative estimate of drug-likeness (QED) is 0.880. The molecule has 25 heavy (non-hydrogen) atoms. The number of carbonyl (C=O) groups is 3. The molecule has 0 spiro atoms. The molecule has 2 unspecified atom stereocenters. The zero-order chi connectivity index (χ0) is 18.3. The van der Waals surface area contributed by atoms with E-state index in [0.717, 1.165) is 16.0 Å². The second-order valence-corrected chi connectivity index (χ2v) is 6.43. The van der Waals surface area contributed by atoms with Gasteiger partial charge in [0.05, 0.1) is 12.9 Å². The lowest BCUT2D eigenvalue weighted by atomic mass is 10.1. The third-order valence-corrected chi connectivity index (χ3v) is 4.69. The Morgan fingerprint density at radius 1 is 1.20 bits per heavy atom. The molecule has 1 fully saturated rings. The number of urea groups is 1. The molecule has 8 nitrogen and oxygen atoms in total. The summed E-state index contributed by atoms with van der Waals surface area (Å²) < 4.78 is 0. The first-order valence-electron chi connectivity index (χ1n) is 8.00.